The molecule has 0 aliphatic carbocycles. The molecule has 25 heavy (non-hydrogen) atoms. The lowest BCUT2D eigenvalue weighted by Crippen LogP contribution is -2.34. The molecule has 8 heteroatoms. The predicted octanol–water partition coefficient (Wildman–Crippen LogP) is 2.02. The smallest absolute Gasteiger partial charge is 0.307 e. The molecule has 1 amide bonds. The van der Waals surface area contributed by atoms with Crippen LogP contribution in [0.2, 0.25) is 0 Å². The summed E-state index contributed by atoms with van der Waals surface area (Å²) in [6.07, 6.45) is 3.12. The van der Waals surface area contributed by atoms with Crippen LogP contribution in [0.5, 0.6) is 0 Å². The van der Waals surface area contributed by atoms with Crippen LogP contribution < -0.4 is 4.87 Å². The number of nitrogens with zero attached hydrogens (tertiary/aromatic N) is 5. The van der Waals surface area contributed by atoms with Crippen LogP contribution in [-0.2, 0) is 11.3 Å². The SMILES string of the molecule is Cc1csc(=O)n1CC(=O)N(C)C(C)c1ccc(-n2cncn2)cc1. The first-order valence-corrected chi connectivity index (χ1v) is 8.71. The van der Waals surface area contributed by atoms with E-state index in [-0.39, 0.29) is 23.4 Å². The van der Waals surface area contributed by atoms with E-state index in [9.17, 15) is 9.59 Å². The number of hydrogen-bond donors (Lipinski definition) is 0. The van der Waals surface area contributed by atoms with Crippen molar-refractivity contribution in [1.82, 2.24) is 24.2 Å². The van der Waals surface area contributed by atoms with Gasteiger partial charge in [0.1, 0.15) is 19.2 Å². The zero-order valence-electron chi connectivity index (χ0n) is 14.3. The van der Waals surface area contributed by atoms with Gasteiger partial charge in [0.25, 0.3) is 0 Å². The third-order valence-corrected chi connectivity index (χ3v) is 5.18. The molecule has 1 atom stereocenters. The van der Waals surface area contributed by atoms with Crippen molar-refractivity contribution in [3.05, 3.63) is 63.2 Å². The Labute approximate surface area is 149 Å². The van der Waals surface area contributed by atoms with Gasteiger partial charge in [0.15, 0.2) is 0 Å². The van der Waals surface area contributed by atoms with E-state index < -0.39 is 0 Å². The van der Waals surface area contributed by atoms with Crippen molar-refractivity contribution in [2.75, 3.05) is 7.05 Å². The molecular weight excluding hydrogens is 338 g/mol. The zero-order chi connectivity index (χ0) is 18.0. The number of thiazole rings is 1. The first-order chi connectivity index (χ1) is 12.0. The van der Waals surface area contributed by atoms with Crippen LogP contribution in [-0.4, -0.2) is 37.2 Å². The number of aromatic nitrogens is 4. The molecule has 0 bridgehead atoms. The van der Waals surface area contributed by atoms with Gasteiger partial charge in [-0.05, 0) is 31.5 Å². The van der Waals surface area contributed by atoms with Crippen LogP contribution in [0.3, 0.4) is 0 Å². The molecule has 0 N–H and O–H groups in total. The topological polar surface area (TPSA) is 73.0 Å². The minimum Gasteiger partial charge on any atom is -0.337 e. The molecule has 0 saturated heterocycles. The number of aryl methyl sites for hydroxylation is 1. The van der Waals surface area contributed by atoms with E-state index in [1.165, 1.54) is 10.9 Å². The standard InChI is InChI=1S/C17H19N5O2S/c1-12-9-25-17(24)21(12)8-16(23)20(3)13(2)14-4-6-15(7-5-14)22-11-18-10-19-22/h4-7,9-11,13H,8H2,1-3H3. The van der Waals surface area contributed by atoms with Crippen LogP contribution in [0.1, 0.15) is 24.2 Å². The summed E-state index contributed by atoms with van der Waals surface area (Å²) >= 11 is 1.11. The molecule has 0 aliphatic rings. The Bertz CT molecular complexity index is 911. The van der Waals surface area contributed by atoms with Gasteiger partial charge in [-0.2, -0.15) is 5.10 Å². The summed E-state index contributed by atoms with van der Waals surface area (Å²) in [5.41, 5.74) is 2.72. The summed E-state index contributed by atoms with van der Waals surface area (Å²) in [6, 6.07) is 7.70. The third-order valence-electron chi connectivity index (χ3n) is 4.30. The van der Waals surface area contributed by atoms with Crippen molar-refractivity contribution >= 4 is 17.2 Å². The maximum atomic E-state index is 12.5. The summed E-state index contributed by atoms with van der Waals surface area (Å²) < 4.78 is 3.18. The quantitative estimate of drug-likeness (QED) is 0.700. The highest BCUT2D eigenvalue weighted by molar-refractivity contribution is 7.07. The van der Waals surface area contributed by atoms with E-state index in [0.29, 0.717) is 0 Å². The van der Waals surface area contributed by atoms with E-state index in [4.69, 9.17) is 0 Å². The number of carbonyl (C=O) groups is 1. The number of hydrogen-bond acceptors (Lipinski definition) is 5. The molecule has 2 heterocycles. The Morgan fingerprint density at radius 3 is 2.60 bits per heavy atom. The van der Waals surface area contributed by atoms with Crippen LogP contribution >= 0.6 is 11.3 Å². The fraction of sp³-hybridized carbons (Fsp3) is 0.294. The van der Waals surface area contributed by atoms with Crippen molar-refractivity contribution in [2.45, 2.75) is 26.4 Å². The van der Waals surface area contributed by atoms with E-state index in [1.54, 1.807) is 28.3 Å². The van der Waals surface area contributed by atoms with Crippen molar-refractivity contribution in [3.8, 4) is 5.69 Å². The average molecular weight is 357 g/mol. The van der Waals surface area contributed by atoms with Gasteiger partial charge >= 0.3 is 4.87 Å². The van der Waals surface area contributed by atoms with E-state index in [0.717, 1.165) is 28.3 Å². The minimum absolute atomic E-state index is 0.0616. The van der Waals surface area contributed by atoms with Gasteiger partial charge in [0.2, 0.25) is 5.91 Å². The van der Waals surface area contributed by atoms with Crippen molar-refractivity contribution in [2.24, 2.45) is 0 Å². The maximum absolute atomic E-state index is 12.5. The van der Waals surface area contributed by atoms with Crippen LogP contribution in [0, 0.1) is 6.92 Å². The molecule has 0 fully saturated rings. The monoisotopic (exact) mass is 357 g/mol. The highest BCUT2D eigenvalue weighted by Crippen LogP contribution is 2.20. The van der Waals surface area contributed by atoms with E-state index in [1.807, 2.05) is 38.1 Å². The largest absolute Gasteiger partial charge is 0.337 e. The summed E-state index contributed by atoms with van der Waals surface area (Å²) in [4.78, 5) is 29.8. The Balaban J connectivity index is 1.72. The second-order valence-corrected chi connectivity index (χ2v) is 6.66. The normalized spacial score (nSPS) is 12.1. The third kappa shape index (κ3) is 3.53. The lowest BCUT2D eigenvalue weighted by atomic mass is 10.1. The highest BCUT2D eigenvalue weighted by atomic mass is 32.1. The number of likely N-dealkylation sites (N-methyl/N-ethyl adjacent to an activating group) is 1. The van der Waals surface area contributed by atoms with Crippen molar-refractivity contribution < 1.29 is 4.79 Å². The lowest BCUT2D eigenvalue weighted by molar-refractivity contribution is -0.132. The molecule has 3 aromatic rings. The molecule has 0 spiro atoms. The van der Waals surface area contributed by atoms with Crippen LogP contribution in [0.4, 0.5) is 0 Å². The summed E-state index contributed by atoms with van der Waals surface area (Å²) in [7, 11) is 1.76. The molecule has 2 aromatic heterocycles. The first-order valence-electron chi connectivity index (χ1n) is 7.83. The molecule has 0 aliphatic heterocycles. The second kappa shape index (κ2) is 7.02. The minimum atomic E-state index is -0.107. The van der Waals surface area contributed by atoms with Gasteiger partial charge in [-0.25, -0.2) is 9.67 Å². The predicted molar refractivity (Wildman–Crippen MR) is 95.9 cm³/mol. The van der Waals surface area contributed by atoms with Gasteiger partial charge in [-0.3, -0.25) is 14.2 Å². The molecule has 130 valence electrons. The van der Waals surface area contributed by atoms with Crippen LogP contribution in [0.15, 0.2) is 47.1 Å². The summed E-state index contributed by atoms with van der Waals surface area (Å²) in [6.45, 7) is 3.86. The number of benzene rings is 1. The summed E-state index contributed by atoms with van der Waals surface area (Å²) in [5, 5.41) is 5.86. The first kappa shape index (κ1) is 17.1. The van der Waals surface area contributed by atoms with E-state index in [2.05, 4.69) is 10.1 Å². The molecule has 0 saturated carbocycles. The zero-order valence-corrected chi connectivity index (χ0v) is 15.1. The molecule has 3 rings (SSSR count). The molecular formula is C17H19N5O2S. The van der Waals surface area contributed by atoms with Gasteiger partial charge in [-0.1, -0.05) is 23.5 Å². The molecule has 0 radical (unpaired) electrons. The highest BCUT2D eigenvalue weighted by Gasteiger charge is 2.19. The Hall–Kier alpha value is -2.74. The van der Waals surface area contributed by atoms with Crippen molar-refractivity contribution in [1.29, 1.82) is 0 Å². The number of amides is 1. The lowest BCUT2D eigenvalue weighted by Gasteiger charge is -2.26. The second-order valence-electron chi connectivity index (χ2n) is 5.84. The Morgan fingerprint density at radius 2 is 2.04 bits per heavy atom. The molecule has 1 unspecified atom stereocenters. The summed E-state index contributed by atoms with van der Waals surface area (Å²) in [5.74, 6) is -0.101. The average Bonchev–Trinajstić information content (AvgIpc) is 3.26. The number of carbonyl (C=O) groups excluding carboxylic acids is 1. The number of rotatable bonds is 5. The Morgan fingerprint density at radius 1 is 1.32 bits per heavy atom. The molecule has 7 nitrogen and oxygen atoms in total. The molecule has 1 aromatic carbocycles. The Kier molecular flexibility index (Phi) is 4.80. The van der Waals surface area contributed by atoms with Crippen LogP contribution in [0.25, 0.3) is 5.69 Å². The fourth-order valence-corrected chi connectivity index (χ4v) is 3.26. The van der Waals surface area contributed by atoms with Gasteiger partial charge in [0, 0.05) is 18.1 Å². The van der Waals surface area contributed by atoms with E-state index >= 15 is 0 Å². The maximum Gasteiger partial charge on any atom is 0.307 e. The fourth-order valence-electron chi connectivity index (χ4n) is 2.53. The van der Waals surface area contributed by atoms with Crippen molar-refractivity contribution in [3.63, 3.8) is 0 Å². The van der Waals surface area contributed by atoms with Gasteiger partial charge in [0.05, 0.1) is 11.7 Å². The van der Waals surface area contributed by atoms with Gasteiger partial charge < -0.3 is 4.90 Å². The van der Waals surface area contributed by atoms with Gasteiger partial charge in [-0.15, -0.1) is 0 Å².